The van der Waals surface area contributed by atoms with Gasteiger partial charge in [-0.1, -0.05) is 36.4 Å². The molecule has 1 aliphatic rings. The molecule has 0 aliphatic carbocycles. The van der Waals surface area contributed by atoms with Crippen molar-refractivity contribution in [2.45, 2.75) is 13.0 Å². The molecule has 0 radical (unpaired) electrons. The molecule has 8 heteroatoms. The Hall–Kier alpha value is -3.91. The molecule has 1 N–H and O–H groups in total. The molecule has 0 unspecified atom stereocenters. The minimum atomic E-state index is -0.782. The van der Waals surface area contributed by atoms with Crippen molar-refractivity contribution in [3.05, 3.63) is 83.2 Å². The molecule has 0 bridgehead atoms. The smallest absolute Gasteiger partial charge is 0.295 e. The van der Waals surface area contributed by atoms with Crippen molar-refractivity contribution in [2.75, 3.05) is 34.3 Å². The molecule has 2 heterocycles. The molecule has 2 aromatic carbocycles. The number of aromatic nitrogens is 2. The van der Waals surface area contributed by atoms with Crippen LogP contribution in [0, 0.1) is 6.92 Å². The number of hydrogen-bond donors (Lipinski definition) is 1. The Morgan fingerprint density at radius 2 is 1.76 bits per heavy atom. The van der Waals surface area contributed by atoms with E-state index in [4.69, 9.17) is 4.74 Å². The number of para-hydroxylation sites is 2. The number of carbonyl (C=O) groups is 2. The molecule has 34 heavy (non-hydrogen) atoms. The van der Waals surface area contributed by atoms with E-state index in [9.17, 15) is 14.7 Å². The van der Waals surface area contributed by atoms with Gasteiger partial charge in [-0.05, 0) is 39.2 Å². The van der Waals surface area contributed by atoms with E-state index in [2.05, 4.69) is 5.10 Å². The molecule has 0 spiro atoms. The molecule has 0 saturated carbocycles. The summed E-state index contributed by atoms with van der Waals surface area (Å²) in [6.45, 7) is 2.69. The number of hydrogen-bond acceptors (Lipinski definition) is 6. The number of ketones is 1. The second-order valence-corrected chi connectivity index (χ2v) is 8.43. The Kier molecular flexibility index (Phi) is 6.51. The fraction of sp³-hybridized carbons (Fsp3) is 0.269. The summed E-state index contributed by atoms with van der Waals surface area (Å²) in [6, 6.07) is 16.0. The van der Waals surface area contributed by atoms with Crippen LogP contribution in [0.3, 0.4) is 0 Å². The minimum Gasteiger partial charge on any atom is -0.507 e. The summed E-state index contributed by atoms with van der Waals surface area (Å²) in [5.41, 5.74) is 2.55. The zero-order valence-electron chi connectivity index (χ0n) is 19.7. The van der Waals surface area contributed by atoms with Crippen LogP contribution in [-0.2, 0) is 9.59 Å². The van der Waals surface area contributed by atoms with Gasteiger partial charge in [0.25, 0.3) is 11.7 Å². The van der Waals surface area contributed by atoms with Crippen molar-refractivity contribution >= 4 is 17.4 Å². The van der Waals surface area contributed by atoms with E-state index in [1.807, 2.05) is 74.4 Å². The highest BCUT2D eigenvalue weighted by Crippen LogP contribution is 2.42. The number of rotatable bonds is 7. The van der Waals surface area contributed by atoms with Crippen molar-refractivity contribution in [1.82, 2.24) is 19.6 Å². The van der Waals surface area contributed by atoms with Gasteiger partial charge in [-0.15, -0.1) is 0 Å². The highest BCUT2D eigenvalue weighted by atomic mass is 16.5. The van der Waals surface area contributed by atoms with Gasteiger partial charge < -0.3 is 19.6 Å². The van der Waals surface area contributed by atoms with Crippen LogP contribution in [-0.4, -0.2) is 70.7 Å². The van der Waals surface area contributed by atoms with Gasteiger partial charge in [0.05, 0.1) is 41.9 Å². The van der Waals surface area contributed by atoms with E-state index in [-0.39, 0.29) is 11.3 Å². The Balaban J connectivity index is 1.88. The number of aliphatic hydroxyl groups is 1. The van der Waals surface area contributed by atoms with Gasteiger partial charge in [-0.3, -0.25) is 9.59 Å². The highest BCUT2D eigenvalue weighted by molar-refractivity contribution is 6.46. The summed E-state index contributed by atoms with van der Waals surface area (Å²) >= 11 is 0. The van der Waals surface area contributed by atoms with Crippen molar-refractivity contribution in [1.29, 1.82) is 0 Å². The molecule has 1 fully saturated rings. The summed E-state index contributed by atoms with van der Waals surface area (Å²) in [5.74, 6) is -1.08. The van der Waals surface area contributed by atoms with E-state index < -0.39 is 17.7 Å². The maximum atomic E-state index is 13.3. The quantitative estimate of drug-likeness (QED) is 0.331. The molecule has 3 aromatic rings. The average Bonchev–Trinajstić information content (AvgIpc) is 3.35. The number of likely N-dealkylation sites (N-methyl/N-ethyl adjacent to an activating group) is 1. The third kappa shape index (κ3) is 4.08. The molecule has 8 nitrogen and oxygen atoms in total. The average molecular weight is 461 g/mol. The number of carbonyl (C=O) groups excluding carboxylic acids is 2. The number of amides is 1. The molecule has 1 aliphatic heterocycles. The van der Waals surface area contributed by atoms with Crippen molar-refractivity contribution in [2.24, 2.45) is 0 Å². The van der Waals surface area contributed by atoms with Crippen LogP contribution < -0.4 is 4.74 Å². The van der Waals surface area contributed by atoms with Gasteiger partial charge in [0.15, 0.2) is 0 Å². The predicted molar refractivity (Wildman–Crippen MR) is 129 cm³/mol. The van der Waals surface area contributed by atoms with Crippen LogP contribution in [0.4, 0.5) is 0 Å². The molecular weight excluding hydrogens is 432 g/mol. The number of ether oxygens (including phenoxy) is 1. The monoisotopic (exact) mass is 460 g/mol. The largest absolute Gasteiger partial charge is 0.507 e. The lowest BCUT2D eigenvalue weighted by Crippen LogP contribution is -2.35. The number of aliphatic hydroxyl groups excluding tert-OH is 1. The van der Waals surface area contributed by atoms with Gasteiger partial charge in [0.2, 0.25) is 0 Å². The fourth-order valence-electron chi connectivity index (χ4n) is 4.25. The summed E-state index contributed by atoms with van der Waals surface area (Å²) in [4.78, 5) is 29.8. The van der Waals surface area contributed by atoms with E-state index in [1.54, 1.807) is 17.9 Å². The number of Topliss-reactive ketones (excluding diaryl/α,β-unsaturated/α-hetero) is 1. The van der Waals surface area contributed by atoms with Gasteiger partial charge in [-0.25, -0.2) is 4.68 Å². The molecule has 1 amide bonds. The molecule has 176 valence electrons. The number of benzene rings is 2. The van der Waals surface area contributed by atoms with Gasteiger partial charge in [-0.2, -0.15) is 5.10 Å². The maximum absolute atomic E-state index is 13.3. The molecule has 1 saturated heterocycles. The van der Waals surface area contributed by atoms with Gasteiger partial charge in [0.1, 0.15) is 11.5 Å². The Morgan fingerprint density at radius 1 is 1.09 bits per heavy atom. The normalized spacial score (nSPS) is 17.6. The summed E-state index contributed by atoms with van der Waals surface area (Å²) < 4.78 is 7.23. The standard InChI is InChI=1S/C26H28N4O4/c1-17-20(16-27-30(17)18-10-6-5-7-11-18)24(31)22-23(19-12-8-9-13-21(19)34-4)29(15-14-28(2)3)26(33)25(22)32/h5-13,16,23,31H,14-15H2,1-4H3/t23-/m0/s1. The van der Waals surface area contributed by atoms with Crippen LogP contribution in [0.25, 0.3) is 11.4 Å². The fourth-order valence-corrected chi connectivity index (χ4v) is 4.25. The molecule has 1 aromatic heterocycles. The third-order valence-electron chi connectivity index (χ3n) is 6.03. The van der Waals surface area contributed by atoms with Crippen molar-refractivity contribution in [3.8, 4) is 11.4 Å². The first-order valence-electron chi connectivity index (χ1n) is 11.0. The highest BCUT2D eigenvalue weighted by Gasteiger charge is 2.47. The van der Waals surface area contributed by atoms with Crippen LogP contribution >= 0.6 is 0 Å². The van der Waals surface area contributed by atoms with E-state index in [0.717, 1.165) is 5.69 Å². The molecular formula is C26H28N4O4. The first-order chi connectivity index (χ1) is 16.3. The van der Waals surface area contributed by atoms with Crippen LogP contribution in [0.2, 0.25) is 0 Å². The molecule has 4 rings (SSSR count). The first-order valence-corrected chi connectivity index (χ1v) is 11.0. The lowest BCUT2D eigenvalue weighted by atomic mass is 9.94. The van der Waals surface area contributed by atoms with Crippen molar-refractivity contribution < 1.29 is 19.4 Å². The maximum Gasteiger partial charge on any atom is 0.295 e. The zero-order chi connectivity index (χ0) is 24.4. The molecule has 1 atom stereocenters. The predicted octanol–water partition coefficient (Wildman–Crippen LogP) is 3.17. The van der Waals surface area contributed by atoms with Crippen LogP contribution in [0.5, 0.6) is 5.75 Å². The van der Waals surface area contributed by atoms with Gasteiger partial charge in [0, 0.05) is 18.7 Å². The Morgan fingerprint density at radius 3 is 2.44 bits per heavy atom. The minimum absolute atomic E-state index is 0.0315. The van der Waals surface area contributed by atoms with Gasteiger partial charge >= 0.3 is 0 Å². The first kappa shape index (κ1) is 23.3. The van der Waals surface area contributed by atoms with E-state index in [0.29, 0.717) is 35.7 Å². The zero-order valence-corrected chi connectivity index (χ0v) is 19.7. The number of likely N-dealkylation sites (tertiary alicyclic amines) is 1. The number of nitrogens with zero attached hydrogens (tertiary/aromatic N) is 4. The third-order valence-corrected chi connectivity index (χ3v) is 6.03. The Labute approximate surface area is 198 Å². The summed E-state index contributed by atoms with van der Waals surface area (Å²) in [6.07, 6.45) is 1.52. The lowest BCUT2D eigenvalue weighted by molar-refractivity contribution is -0.140. The second kappa shape index (κ2) is 9.52. The topological polar surface area (TPSA) is 87.9 Å². The van der Waals surface area contributed by atoms with Crippen LogP contribution in [0.1, 0.15) is 22.9 Å². The lowest BCUT2D eigenvalue weighted by Gasteiger charge is -2.27. The summed E-state index contributed by atoms with van der Waals surface area (Å²) in [7, 11) is 5.34. The van der Waals surface area contributed by atoms with Crippen LogP contribution in [0.15, 0.2) is 66.4 Å². The second-order valence-electron chi connectivity index (χ2n) is 8.43. The summed E-state index contributed by atoms with van der Waals surface area (Å²) in [5, 5.41) is 15.8. The SMILES string of the molecule is COc1ccccc1[C@H]1C(=C(O)c2cnn(-c3ccccc3)c2C)C(=O)C(=O)N1CCN(C)C. The van der Waals surface area contributed by atoms with E-state index in [1.165, 1.54) is 11.1 Å². The Bertz CT molecular complexity index is 1250. The number of methoxy groups -OCH3 is 1. The van der Waals surface area contributed by atoms with E-state index >= 15 is 0 Å². The van der Waals surface area contributed by atoms with Crippen molar-refractivity contribution in [3.63, 3.8) is 0 Å².